The van der Waals surface area contributed by atoms with Gasteiger partial charge in [0.1, 0.15) is 5.75 Å². The number of amides is 4. The number of allylic oxidation sites excluding steroid dienone is 2. The Kier molecular flexibility index (Phi) is 10.4. The predicted octanol–water partition coefficient (Wildman–Crippen LogP) is 9.71. The molecule has 4 aliphatic rings. The molecule has 2 aliphatic carbocycles. The van der Waals surface area contributed by atoms with Crippen LogP contribution in [0.3, 0.4) is 0 Å². The van der Waals surface area contributed by atoms with Crippen LogP contribution in [-0.4, -0.2) is 48.0 Å². The van der Waals surface area contributed by atoms with Crippen LogP contribution >= 0.6 is 39.1 Å². The second kappa shape index (κ2) is 15.0. The number of rotatable bonds is 7. The van der Waals surface area contributed by atoms with Gasteiger partial charge < -0.3 is 14.6 Å². The van der Waals surface area contributed by atoms with Gasteiger partial charge in [0, 0.05) is 21.0 Å². The molecule has 2 heterocycles. The average Bonchev–Trinajstić information content (AvgIpc) is 3.59. The molecule has 61 heavy (non-hydrogen) atoms. The fraction of sp³-hybridized carbons (Fsp3) is 0.286. The fourth-order valence-electron chi connectivity index (χ4n) is 9.48. The lowest BCUT2D eigenvalue weighted by Crippen LogP contribution is -2.53. The molecule has 0 bridgehead atoms. The van der Waals surface area contributed by atoms with Gasteiger partial charge in [-0.25, -0.2) is 4.90 Å². The highest BCUT2D eigenvalue weighted by Crippen LogP contribution is 2.66. The van der Waals surface area contributed by atoms with Crippen molar-refractivity contribution in [2.45, 2.75) is 36.5 Å². The number of methoxy groups -OCH3 is 2. The van der Waals surface area contributed by atoms with Gasteiger partial charge in [-0.05, 0) is 85.0 Å². The Morgan fingerprint density at radius 3 is 2.07 bits per heavy atom. The van der Waals surface area contributed by atoms with Crippen molar-refractivity contribution in [3.63, 3.8) is 0 Å². The molecule has 0 unspecified atom stereocenters. The summed E-state index contributed by atoms with van der Waals surface area (Å²) < 4.78 is 95.2. The number of phenols is 1. The summed E-state index contributed by atoms with van der Waals surface area (Å²) in [6.45, 7) is 0. The first-order valence-corrected chi connectivity index (χ1v) is 20.0. The Morgan fingerprint density at radius 1 is 0.820 bits per heavy atom. The third-order valence-electron chi connectivity index (χ3n) is 12.0. The summed E-state index contributed by atoms with van der Waals surface area (Å²) in [5.41, 5.74) is -2.70. The van der Waals surface area contributed by atoms with Gasteiger partial charge in [-0.15, -0.1) is 0 Å². The first-order chi connectivity index (χ1) is 28.7. The zero-order valence-corrected chi connectivity index (χ0v) is 34.6. The van der Waals surface area contributed by atoms with Crippen molar-refractivity contribution in [1.82, 2.24) is 5.01 Å². The van der Waals surface area contributed by atoms with Crippen LogP contribution in [0.5, 0.6) is 17.2 Å². The van der Waals surface area contributed by atoms with Crippen molar-refractivity contribution in [3.05, 3.63) is 121 Å². The summed E-state index contributed by atoms with van der Waals surface area (Å²) in [6, 6.07) is 14.1. The number of nitrogens with zero attached hydrogens (tertiary/aromatic N) is 2. The number of hydrogen-bond acceptors (Lipinski definition) is 8. The highest BCUT2D eigenvalue weighted by molar-refractivity contribution is 9.10. The van der Waals surface area contributed by atoms with Gasteiger partial charge in [0.15, 0.2) is 11.5 Å². The van der Waals surface area contributed by atoms with Gasteiger partial charge in [0.25, 0.3) is 11.8 Å². The molecule has 4 amide bonds. The third-order valence-corrected chi connectivity index (χ3v) is 13.0. The average molecular weight is 954 g/mol. The summed E-state index contributed by atoms with van der Waals surface area (Å²) in [5.74, 6) is -10.3. The second-order valence-electron chi connectivity index (χ2n) is 15.0. The molecule has 0 aromatic heterocycles. The van der Waals surface area contributed by atoms with Crippen LogP contribution in [-0.2, 0) is 36.9 Å². The number of benzene rings is 4. The third kappa shape index (κ3) is 6.70. The van der Waals surface area contributed by atoms with Crippen molar-refractivity contribution in [1.29, 1.82) is 0 Å². The van der Waals surface area contributed by atoms with E-state index in [1.165, 1.54) is 44.6 Å². The molecule has 19 heteroatoms. The topological polar surface area (TPSA) is 125 Å². The number of anilines is 2. The van der Waals surface area contributed by atoms with Crippen LogP contribution in [0.1, 0.15) is 41.0 Å². The fourth-order valence-corrected chi connectivity index (χ4v) is 10.4. The van der Waals surface area contributed by atoms with Crippen molar-refractivity contribution in [3.8, 4) is 17.2 Å². The minimum absolute atomic E-state index is 0.0368. The van der Waals surface area contributed by atoms with E-state index < -0.39 is 93.5 Å². The quantitative estimate of drug-likeness (QED) is 0.107. The molecule has 2 saturated heterocycles. The molecular weight excluding hydrogens is 923 g/mol. The Hall–Kier alpha value is -5.26. The molecule has 2 N–H and O–H groups in total. The van der Waals surface area contributed by atoms with E-state index in [0.717, 1.165) is 5.01 Å². The standard InChI is InChI=1S/C42H30BrCl2F6N3O7/c1-60-24-6-3-18(4-7-24)40-29(37(57)54(39(40)59)52-31-10-5-22(44)16-30(31)45)17-27-25(34(40)28-14-21(43)15-32(61-2)35(28)55)8-9-26-33(27)38(58)53(36(26)56)23-12-19(41(46,47)48)11-20(13-23)42(49,50)51/h3-8,10-16,26-27,29,33-34,52,55H,9,17H2,1-2H3/t26-,27+,29-,33-,34+,40+/m0/s1. The number of aromatic hydroxyl groups is 1. The number of ether oxygens (including phenoxy) is 2. The molecule has 4 aromatic carbocycles. The molecule has 8 rings (SSSR count). The number of phenolic OH excluding ortho intramolecular Hbond substituents is 1. The lowest BCUT2D eigenvalue weighted by atomic mass is 9.49. The summed E-state index contributed by atoms with van der Waals surface area (Å²) in [5, 5.41) is 13.0. The van der Waals surface area contributed by atoms with Gasteiger partial charge in [0.2, 0.25) is 11.8 Å². The van der Waals surface area contributed by atoms with Gasteiger partial charge in [0.05, 0.1) is 64.9 Å². The lowest BCUT2D eigenvalue weighted by Gasteiger charge is -2.50. The van der Waals surface area contributed by atoms with E-state index in [1.54, 1.807) is 30.3 Å². The van der Waals surface area contributed by atoms with Crippen LogP contribution in [0.15, 0.2) is 88.9 Å². The van der Waals surface area contributed by atoms with Crippen LogP contribution in [0.4, 0.5) is 37.7 Å². The molecule has 6 atom stereocenters. The summed E-state index contributed by atoms with van der Waals surface area (Å²) in [6.07, 6.45) is -9.50. The number of carbonyl (C=O) groups excluding carboxylic acids is 4. The summed E-state index contributed by atoms with van der Waals surface area (Å²) in [4.78, 5) is 59.7. The molecule has 3 fully saturated rings. The van der Waals surface area contributed by atoms with Crippen LogP contribution < -0.4 is 19.8 Å². The van der Waals surface area contributed by atoms with E-state index in [4.69, 9.17) is 32.7 Å². The minimum atomic E-state index is -5.27. The van der Waals surface area contributed by atoms with Crippen molar-refractivity contribution >= 4 is 74.1 Å². The Balaban J connectivity index is 1.34. The number of imide groups is 2. The van der Waals surface area contributed by atoms with E-state index in [0.29, 0.717) is 32.8 Å². The summed E-state index contributed by atoms with van der Waals surface area (Å²) in [7, 11) is 2.72. The first-order valence-electron chi connectivity index (χ1n) is 18.4. The smallest absolute Gasteiger partial charge is 0.416 e. The maximum absolute atomic E-state index is 15.5. The van der Waals surface area contributed by atoms with Crippen LogP contribution in [0.2, 0.25) is 10.0 Å². The number of hydrazine groups is 1. The first kappa shape index (κ1) is 42.4. The van der Waals surface area contributed by atoms with Crippen molar-refractivity contribution in [2.24, 2.45) is 23.7 Å². The van der Waals surface area contributed by atoms with Gasteiger partial charge in [-0.1, -0.05) is 62.9 Å². The van der Waals surface area contributed by atoms with E-state index in [1.807, 2.05) is 0 Å². The Bertz CT molecular complexity index is 2540. The SMILES string of the molecule is COc1ccc([C@@]23C(=O)N(Nc4ccc(Cl)cc4Cl)C(=O)[C@@H]2C[C@@H]2C(=CC[C@@H]4C(=O)N(c5cc(C(F)(F)F)cc(C(F)(F)F)c5)C(=O)[C@@H]42)[C@@H]3c2cc(Br)cc(OC)c2O)cc1. The van der Waals surface area contributed by atoms with Gasteiger partial charge >= 0.3 is 12.4 Å². The Morgan fingerprint density at radius 2 is 1.48 bits per heavy atom. The number of nitrogens with one attached hydrogen (secondary N) is 1. The van der Waals surface area contributed by atoms with Gasteiger partial charge in [-0.3, -0.25) is 24.6 Å². The van der Waals surface area contributed by atoms with Crippen LogP contribution in [0, 0.1) is 23.7 Å². The molecule has 0 radical (unpaired) electrons. The van der Waals surface area contributed by atoms with Gasteiger partial charge in [-0.2, -0.15) is 31.4 Å². The zero-order valence-electron chi connectivity index (χ0n) is 31.5. The number of alkyl halides is 6. The molecule has 318 valence electrons. The zero-order chi connectivity index (χ0) is 44.1. The van der Waals surface area contributed by atoms with E-state index >= 15 is 9.59 Å². The molecular formula is C42H30BrCl2F6N3O7. The normalized spacial score (nSPS) is 25.0. The largest absolute Gasteiger partial charge is 0.504 e. The lowest BCUT2D eigenvalue weighted by molar-refractivity contribution is -0.143. The number of fused-ring (bicyclic) bond motifs is 4. The van der Waals surface area contributed by atoms with E-state index in [9.17, 15) is 41.0 Å². The van der Waals surface area contributed by atoms with Crippen LogP contribution in [0.25, 0.3) is 0 Å². The predicted molar refractivity (Wildman–Crippen MR) is 212 cm³/mol. The van der Waals surface area contributed by atoms with E-state index in [-0.39, 0.29) is 51.5 Å². The minimum Gasteiger partial charge on any atom is -0.504 e. The van der Waals surface area contributed by atoms with Crippen molar-refractivity contribution < 1.29 is 60.1 Å². The molecule has 10 nitrogen and oxygen atoms in total. The highest BCUT2D eigenvalue weighted by Gasteiger charge is 2.71. The summed E-state index contributed by atoms with van der Waals surface area (Å²) >= 11 is 16.1. The number of carbonyl (C=O) groups is 4. The van der Waals surface area contributed by atoms with Crippen molar-refractivity contribution in [2.75, 3.05) is 24.5 Å². The van der Waals surface area contributed by atoms with E-state index in [2.05, 4.69) is 21.4 Å². The highest BCUT2D eigenvalue weighted by atomic mass is 79.9. The maximum Gasteiger partial charge on any atom is 0.416 e. The monoisotopic (exact) mass is 951 g/mol. The number of halogens is 9. The maximum atomic E-state index is 15.5. The molecule has 4 aromatic rings. The molecule has 0 spiro atoms. The molecule has 1 saturated carbocycles. The second-order valence-corrected chi connectivity index (χ2v) is 16.8. The molecule has 2 aliphatic heterocycles. The number of hydrogen-bond donors (Lipinski definition) is 2. The Labute approximate surface area is 361 Å².